The highest BCUT2D eigenvalue weighted by Gasteiger charge is 2.46. The smallest absolute Gasteiger partial charge is 0.104 e. The van der Waals surface area contributed by atoms with E-state index >= 15 is 0 Å². The molecule has 0 fully saturated rings. The first-order valence-electron chi connectivity index (χ1n) is 19.2. The average Bonchev–Trinajstić information content (AvgIpc) is 3.56. The minimum Gasteiger partial charge on any atom is -0.366 e. The molecule has 1 aromatic heterocycles. The molecule has 3 nitrogen and oxygen atoms in total. The maximum Gasteiger partial charge on any atom is 0.104 e. The van der Waals surface area contributed by atoms with Crippen LogP contribution in [0.25, 0.3) is 33.4 Å². The summed E-state index contributed by atoms with van der Waals surface area (Å²) in [6.07, 6.45) is 19.6. The van der Waals surface area contributed by atoms with Gasteiger partial charge in [-0.1, -0.05) is 165 Å². The van der Waals surface area contributed by atoms with Gasteiger partial charge < -0.3 is 5.32 Å². The largest absolute Gasteiger partial charge is 0.366 e. The highest BCUT2D eigenvalue weighted by molar-refractivity contribution is 5.89. The number of nitrogens with zero attached hydrogens (tertiary/aromatic N) is 1. The summed E-state index contributed by atoms with van der Waals surface area (Å²) in [4.78, 5) is 4.39. The van der Waals surface area contributed by atoms with Crippen LogP contribution in [0.15, 0.2) is 231 Å². The Kier molecular flexibility index (Phi) is 10.3. The standard InChI is InChI=1S/C53H45N3/c1-5-16-37(8-4)50-36-51(38(17-6-2)18-7-3)56-52(55-50)43-22-15-21-41(34-43)39-19-14-20-40(33-39)42-27-28-49-47(35-42)46-25-12-13-26-48(46)53(49,44-23-10-9-11-24-44)45-29-31-54-32-30-45/h5-36,51-52,55-56H,1-2,4H2,3H3/b18-7-,37-16+,38-17+. The van der Waals surface area contributed by atoms with E-state index in [1.54, 1.807) is 6.08 Å². The lowest BCUT2D eigenvalue weighted by Crippen LogP contribution is -2.45. The molecule has 2 aliphatic rings. The molecule has 3 unspecified atom stereocenters. The summed E-state index contributed by atoms with van der Waals surface area (Å²) in [6.45, 7) is 14.0. The second-order valence-electron chi connectivity index (χ2n) is 14.1. The third-order valence-electron chi connectivity index (χ3n) is 11.0. The van der Waals surface area contributed by atoms with Crippen LogP contribution in [0.5, 0.6) is 0 Å². The van der Waals surface area contributed by atoms with Gasteiger partial charge in [0.1, 0.15) is 6.17 Å². The van der Waals surface area contributed by atoms with Crippen LogP contribution in [0.3, 0.4) is 0 Å². The third-order valence-corrected chi connectivity index (χ3v) is 11.0. The molecule has 0 amide bonds. The number of nitrogens with one attached hydrogen (secondary N) is 2. The summed E-state index contributed by atoms with van der Waals surface area (Å²) >= 11 is 0. The highest BCUT2D eigenvalue weighted by atomic mass is 15.2. The number of hydrogen-bond acceptors (Lipinski definition) is 3. The molecular formula is C53H45N3. The van der Waals surface area contributed by atoms with Crippen molar-refractivity contribution in [2.24, 2.45) is 0 Å². The number of fused-ring (bicyclic) bond motifs is 3. The van der Waals surface area contributed by atoms with Gasteiger partial charge in [0.2, 0.25) is 0 Å². The Labute approximate surface area is 331 Å². The third kappa shape index (κ3) is 6.53. The van der Waals surface area contributed by atoms with Crippen molar-refractivity contribution in [2.45, 2.75) is 24.5 Å². The van der Waals surface area contributed by atoms with Gasteiger partial charge in [-0.15, -0.1) is 0 Å². The van der Waals surface area contributed by atoms with Crippen molar-refractivity contribution in [1.29, 1.82) is 0 Å². The molecule has 2 N–H and O–H groups in total. The summed E-state index contributed by atoms with van der Waals surface area (Å²) in [7, 11) is 0. The van der Waals surface area contributed by atoms with E-state index < -0.39 is 5.41 Å². The molecule has 56 heavy (non-hydrogen) atoms. The first-order chi connectivity index (χ1) is 27.6. The normalized spacial score (nSPS) is 19.1. The van der Waals surface area contributed by atoms with E-state index in [1.807, 2.05) is 37.5 Å². The zero-order valence-electron chi connectivity index (χ0n) is 31.7. The lowest BCUT2D eigenvalue weighted by molar-refractivity contribution is 0.440. The molecule has 1 aliphatic carbocycles. The van der Waals surface area contributed by atoms with Crippen LogP contribution < -0.4 is 10.6 Å². The highest BCUT2D eigenvalue weighted by Crippen LogP contribution is 2.56. The van der Waals surface area contributed by atoms with Crippen molar-refractivity contribution >= 4 is 0 Å². The van der Waals surface area contributed by atoms with Crippen LogP contribution >= 0.6 is 0 Å². The second-order valence-corrected chi connectivity index (χ2v) is 14.1. The zero-order chi connectivity index (χ0) is 38.5. The number of allylic oxidation sites excluding steroid dienone is 6. The predicted octanol–water partition coefficient (Wildman–Crippen LogP) is 12.2. The summed E-state index contributed by atoms with van der Waals surface area (Å²) in [5.41, 5.74) is 16.0. The van der Waals surface area contributed by atoms with Crippen molar-refractivity contribution in [3.05, 3.63) is 259 Å². The van der Waals surface area contributed by atoms with E-state index in [0.717, 1.165) is 33.5 Å². The molecule has 3 heteroatoms. The fourth-order valence-electron chi connectivity index (χ4n) is 8.50. The van der Waals surface area contributed by atoms with Gasteiger partial charge in [0, 0.05) is 18.1 Å². The molecule has 2 heterocycles. The van der Waals surface area contributed by atoms with Gasteiger partial charge in [-0.2, -0.15) is 0 Å². The number of benzene rings is 5. The number of aromatic nitrogens is 1. The lowest BCUT2D eigenvalue weighted by atomic mass is 9.68. The molecular weight excluding hydrogens is 679 g/mol. The fraction of sp³-hybridized carbons (Fsp3) is 0.0755. The molecule has 0 saturated heterocycles. The van der Waals surface area contributed by atoms with Crippen LogP contribution in [0.1, 0.15) is 40.9 Å². The van der Waals surface area contributed by atoms with Gasteiger partial charge in [-0.05, 0) is 116 Å². The van der Waals surface area contributed by atoms with Crippen LogP contribution in [0.4, 0.5) is 0 Å². The second kappa shape index (κ2) is 15.9. The molecule has 0 bridgehead atoms. The molecule has 8 rings (SSSR count). The van der Waals surface area contributed by atoms with Crippen molar-refractivity contribution in [3.63, 3.8) is 0 Å². The van der Waals surface area contributed by atoms with Crippen molar-refractivity contribution in [3.8, 4) is 33.4 Å². The average molecular weight is 724 g/mol. The molecule has 5 aromatic carbocycles. The maximum absolute atomic E-state index is 4.39. The van der Waals surface area contributed by atoms with Gasteiger partial charge in [-0.3, -0.25) is 10.3 Å². The monoisotopic (exact) mass is 723 g/mol. The predicted molar refractivity (Wildman–Crippen MR) is 235 cm³/mol. The summed E-state index contributed by atoms with van der Waals surface area (Å²) in [5, 5.41) is 7.56. The summed E-state index contributed by atoms with van der Waals surface area (Å²) in [5.74, 6) is 0. The zero-order valence-corrected chi connectivity index (χ0v) is 31.7. The van der Waals surface area contributed by atoms with E-state index in [1.165, 1.54) is 44.5 Å². The van der Waals surface area contributed by atoms with Crippen LogP contribution in [0.2, 0.25) is 0 Å². The number of hydrogen-bond donors (Lipinski definition) is 2. The van der Waals surface area contributed by atoms with Crippen LogP contribution in [0, 0.1) is 0 Å². The Hall–Kier alpha value is -6.81. The maximum atomic E-state index is 4.39. The molecule has 6 aromatic rings. The molecule has 1 aliphatic heterocycles. The molecule has 0 spiro atoms. The SMILES string of the molecule is C=C/C=C(\C=C)C1=CC(C(/C=C\C)=C/C=C)NC(c2cccc(-c3cccc(-c4ccc5c(c4)-c4ccccc4C5(c4ccccc4)c4ccncc4)c3)c2)N1. The molecule has 3 atom stereocenters. The molecule has 272 valence electrons. The van der Waals surface area contributed by atoms with Crippen molar-refractivity contribution in [1.82, 2.24) is 15.6 Å². The van der Waals surface area contributed by atoms with E-state index in [4.69, 9.17) is 0 Å². The Morgan fingerprint density at radius 2 is 1.30 bits per heavy atom. The Balaban J connectivity index is 1.18. The number of pyridine rings is 1. The summed E-state index contributed by atoms with van der Waals surface area (Å²) in [6, 6.07) is 48.7. The van der Waals surface area contributed by atoms with E-state index in [2.05, 4.69) is 193 Å². The van der Waals surface area contributed by atoms with Crippen molar-refractivity contribution in [2.75, 3.05) is 0 Å². The van der Waals surface area contributed by atoms with Crippen LogP contribution in [-0.4, -0.2) is 11.0 Å². The molecule has 0 radical (unpaired) electrons. The van der Waals surface area contributed by atoms with Gasteiger partial charge in [0.15, 0.2) is 0 Å². The Morgan fingerprint density at radius 3 is 2.04 bits per heavy atom. The lowest BCUT2D eigenvalue weighted by Gasteiger charge is -2.34. The van der Waals surface area contributed by atoms with Gasteiger partial charge in [-0.25, -0.2) is 0 Å². The number of rotatable bonds is 11. The van der Waals surface area contributed by atoms with Gasteiger partial charge in [0.05, 0.1) is 11.5 Å². The van der Waals surface area contributed by atoms with E-state index in [0.29, 0.717) is 0 Å². The summed E-state index contributed by atoms with van der Waals surface area (Å²) < 4.78 is 0. The topological polar surface area (TPSA) is 37.0 Å². The first-order valence-corrected chi connectivity index (χ1v) is 19.2. The van der Waals surface area contributed by atoms with Gasteiger partial charge in [0.25, 0.3) is 0 Å². The Morgan fingerprint density at radius 1 is 0.643 bits per heavy atom. The first kappa shape index (κ1) is 36.2. The van der Waals surface area contributed by atoms with Gasteiger partial charge >= 0.3 is 0 Å². The quantitative estimate of drug-likeness (QED) is 0.131. The minimum absolute atomic E-state index is 0.0466. The van der Waals surface area contributed by atoms with Crippen LogP contribution in [-0.2, 0) is 5.41 Å². The van der Waals surface area contributed by atoms with E-state index in [-0.39, 0.29) is 12.2 Å². The Bertz CT molecular complexity index is 2510. The van der Waals surface area contributed by atoms with Crippen molar-refractivity contribution < 1.29 is 0 Å². The van der Waals surface area contributed by atoms with E-state index in [9.17, 15) is 0 Å². The minimum atomic E-state index is -0.449. The fourth-order valence-corrected chi connectivity index (χ4v) is 8.50. The molecule has 0 saturated carbocycles.